The second-order valence-electron chi connectivity index (χ2n) is 6.23. The summed E-state index contributed by atoms with van der Waals surface area (Å²) in [6.07, 6.45) is 0.557. The molecule has 2 heterocycles. The van der Waals surface area contributed by atoms with Crippen molar-refractivity contribution in [1.82, 2.24) is 20.0 Å². The Morgan fingerprint density at radius 3 is 2.93 bits per heavy atom. The van der Waals surface area contributed by atoms with Gasteiger partial charge in [-0.2, -0.15) is 5.10 Å². The Labute approximate surface area is 159 Å². The Kier molecular flexibility index (Phi) is 5.33. The van der Waals surface area contributed by atoms with Crippen LogP contribution in [0, 0.1) is 5.82 Å². The van der Waals surface area contributed by atoms with Crippen molar-refractivity contribution in [2.75, 3.05) is 6.54 Å². The number of ether oxygens (including phenoxy) is 1. The van der Waals surface area contributed by atoms with Crippen molar-refractivity contribution in [2.45, 2.75) is 25.3 Å². The third-order valence-electron chi connectivity index (χ3n) is 4.24. The van der Waals surface area contributed by atoms with Gasteiger partial charge in [0.15, 0.2) is 0 Å². The zero-order valence-electron chi connectivity index (χ0n) is 14.5. The monoisotopic (exact) mass is 396 g/mol. The van der Waals surface area contributed by atoms with Gasteiger partial charge in [-0.1, -0.05) is 11.6 Å². The molecule has 27 heavy (non-hydrogen) atoms. The van der Waals surface area contributed by atoms with Crippen molar-refractivity contribution in [3.05, 3.63) is 52.6 Å². The summed E-state index contributed by atoms with van der Waals surface area (Å²) in [7, 11) is 1.74. The zero-order valence-corrected chi connectivity index (χ0v) is 15.2. The first-order valence-corrected chi connectivity index (χ1v) is 8.55. The topological polar surface area (TPSA) is 96.7 Å². The predicted octanol–water partition coefficient (Wildman–Crippen LogP) is 1.56. The van der Waals surface area contributed by atoms with E-state index in [9.17, 15) is 19.1 Å². The Balaban J connectivity index is 1.57. The molecule has 0 saturated carbocycles. The molecule has 0 aliphatic carbocycles. The standard InChI is InChI=1S/C17H18ClFN4O4/c1-22-14(2-4-21-22)10-23-5-3-17(26,15(23)24)27-16(25)20-9-11-6-12(18)8-13(19)7-11/h2,4,6-8,26H,3,5,9-10H2,1H3,(H,20,25). The first-order valence-electron chi connectivity index (χ1n) is 8.17. The van der Waals surface area contributed by atoms with E-state index in [-0.39, 0.29) is 31.1 Å². The van der Waals surface area contributed by atoms with Gasteiger partial charge >= 0.3 is 6.09 Å². The number of nitrogens with zero attached hydrogens (tertiary/aromatic N) is 3. The summed E-state index contributed by atoms with van der Waals surface area (Å²) in [5, 5.41) is 17.0. The molecule has 1 aromatic carbocycles. The lowest BCUT2D eigenvalue weighted by atomic mass is 10.2. The normalized spacial score (nSPS) is 19.4. The number of benzene rings is 1. The minimum absolute atomic E-state index is 0.0527. The molecule has 1 unspecified atom stereocenters. The summed E-state index contributed by atoms with van der Waals surface area (Å²) in [6.45, 7) is 0.400. The molecule has 144 valence electrons. The van der Waals surface area contributed by atoms with Gasteiger partial charge in [0.1, 0.15) is 5.82 Å². The molecule has 10 heteroatoms. The summed E-state index contributed by atoms with van der Waals surface area (Å²) in [6, 6.07) is 5.58. The highest BCUT2D eigenvalue weighted by Gasteiger charge is 2.49. The second kappa shape index (κ2) is 7.53. The molecular formula is C17H18ClFN4O4. The summed E-state index contributed by atoms with van der Waals surface area (Å²) in [5.41, 5.74) is 1.19. The van der Waals surface area contributed by atoms with Gasteiger partial charge in [-0.25, -0.2) is 9.18 Å². The maximum Gasteiger partial charge on any atom is 0.410 e. The Bertz CT molecular complexity index is 854. The van der Waals surface area contributed by atoms with Gasteiger partial charge in [0.05, 0.1) is 12.2 Å². The average Bonchev–Trinajstić information content (AvgIpc) is 3.11. The van der Waals surface area contributed by atoms with Gasteiger partial charge in [0, 0.05) is 37.8 Å². The van der Waals surface area contributed by atoms with E-state index >= 15 is 0 Å². The SMILES string of the molecule is Cn1nccc1CN1CCC(O)(OC(=O)NCc2cc(F)cc(Cl)c2)C1=O. The number of hydrogen-bond donors (Lipinski definition) is 2. The van der Waals surface area contributed by atoms with Gasteiger partial charge in [-0.15, -0.1) is 0 Å². The maximum absolute atomic E-state index is 13.3. The molecule has 1 atom stereocenters. The lowest BCUT2D eigenvalue weighted by Gasteiger charge is -2.22. The molecule has 1 aromatic heterocycles. The lowest BCUT2D eigenvalue weighted by molar-refractivity contribution is -0.182. The predicted molar refractivity (Wildman–Crippen MR) is 92.9 cm³/mol. The molecular weight excluding hydrogens is 379 g/mol. The van der Waals surface area contributed by atoms with E-state index in [1.54, 1.807) is 24.0 Å². The summed E-state index contributed by atoms with van der Waals surface area (Å²) in [4.78, 5) is 25.8. The van der Waals surface area contributed by atoms with Crippen molar-refractivity contribution in [2.24, 2.45) is 7.05 Å². The van der Waals surface area contributed by atoms with Crippen LogP contribution in [0.2, 0.25) is 5.02 Å². The summed E-state index contributed by atoms with van der Waals surface area (Å²) < 4.78 is 19.8. The highest BCUT2D eigenvalue weighted by Crippen LogP contribution is 2.26. The number of hydrogen-bond acceptors (Lipinski definition) is 5. The fraction of sp³-hybridized carbons (Fsp3) is 0.353. The Morgan fingerprint density at radius 1 is 1.48 bits per heavy atom. The number of aliphatic hydroxyl groups is 1. The van der Waals surface area contributed by atoms with Crippen molar-refractivity contribution in [3.8, 4) is 0 Å². The average molecular weight is 397 g/mol. The fourth-order valence-corrected chi connectivity index (χ4v) is 3.06. The van der Waals surface area contributed by atoms with Crippen LogP contribution in [0.15, 0.2) is 30.5 Å². The number of nitrogens with one attached hydrogen (secondary N) is 1. The summed E-state index contributed by atoms with van der Waals surface area (Å²) >= 11 is 5.75. The molecule has 2 aromatic rings. The van der Waals surface area contributed by atoms with Crippen molar-refractivity contribution in [1.29, 1.82) is 0 Å². The van der Waals surface area contributed by atoms with Gasteiger partial charge in [-0.3, -0.25) is 9.48 Å². The number of carbonyl (C=O) groups is 2. The van der Waals surface area contributed by atoms with E-state index < -0.39 is 23.6 Å². The number of amides is 2. The number of aromatic nitrogens is 2. The fourth-order valence-electron chi connectivity index (χ4n) is 2.82. The van der Waals surface area contributed by atoms with Crippen molar-refractivity contribution >= 4 is 23.6 Å². The first kappa shape index (κ1) is 19.1. The highest BCUT2D eigenvalue weighted by molar-refractivity contribution is 6.30. The van der Waals surface area contributed by atoms with Crippen LogP contribution in [0.1, 0.15) is 17.7 Å². The first-order chi connectivity index (χ1) is 12.8. The van der Waals surface area contributed by atoms with Crippen LogP contribution in [0.3, 0.4) is 0 Å². The minimum Gasteiger partial charge on any atom is -0.407 e. The maximum atomic E-state index is 13.3. The smallest absolute Gasteiger partial charge is 0.407 e. The molecule has 1 fully saturated rings. The lowest BCUT2D eigenvalue weighted by Crippen LogP contribution is -2.45. The number of aryl methyl sites for hydroxylation is 1. The van der Waals surface area contributed by atoms with E-state index in [4.69, 9.17) is 16.3 Å². The number of halogens is 2. The van der Waals surface area contributed by atoms with Crippen LogP contribution in [0.25, 0.3) is 0 Å². The van der Waals surface area contributed by atoms with Gasteiger partial charge < -0.3 is 20.1 Å². The largest absolute Gasteiger partial charge is 0.410 e. The van der Waals surface area contributed by atoms with Gasteiger partial charge in [0.25, 0.3) is 11.7 Å². The van der Waals surface area contributed by atoms with Crippen LogP contribution >= 0.6 is 11.6 Å². The molecule has 2 amide bonds. The molecule has 0 bridgehead atoms. The Hall–Kier alpha value is -2.65. The Morgan fingerprint density at radius 2 is 2.26 bits per heavy atom. The molecule has 3 rings (SSSR count). The molecule has 1 aliphatic rings. The van der Waals surface area contributed by atoms with Crippen LogP contribution in [0.4, 0.5) is 9.18 Å². The van der Waals surface area contributed by atoms with E-state index in [1.807, 2.05) is 0 Å². The zero-order chi connectivity index (χ0) is 19.6. The van der Waals surface area contributed by atoms with Gasteiger partial charge in [-0.05, 0) is 29.8 Å². The number of rotatable bonds is 5. The van der Waals surface area contributed by atoms with Crippen LogP contribution in [-0.4, -0.2) is 44.1 Å². The van der Waals surface area contributed by atoms with E-state index in [0.29, 0.717) is 5.56 Å². The quantitative estimate of drug-likeness (QED) is 0.748. The highest BCUT2D eigenvalue weighted by atomic mass is 35.5. The molecule has 0 spiro atoms. The number of carbonyl (C=O) groups excluding carboxylic acids is 2. The second-order valence-corrected chi connectivity index (χ2v) is 6.66. The number of alkyl carbamates (subject to hydrolysis) is 1. The third kappa shape index (κ3) is 4.37. The third-order valence-corrected chi connectivity index (χ3v) is 4.46. The minimum atomic E-state index is -2.23. The summed E-state index contributed by atoms with van der Waals surface area (Å²) in [5.74, 6) is -3.47. The molecule has 0 radical (unpaired) electrons. The van der Waals surface area contributed by atoms with Crippen LogP contribution < -0.4 is 5.32 Å². The van der Waals surface area contributed by atoms with E-state index in [0.717, 1.165) is 11.8 Å². The van der Waals surface area contributed by atoms with Crippen LogP contribution in [0.5, 0.6) is 0 Å². The number of likely N-dealkylation sites (tertiary alicyclic amines) is 1. The van der Waals surface area contributed by atoms with E-state index in [1.165, 1.54) is 17.0 Å². The van der Waals surface area contributed by atoms with E-state index in [2.05, 4.69) is 10.4 Å². The molecule has 2 N–H and O–H groups in total. The molecule has 8 nitrogen and oxygen atoms in total. The van der Waals surface area contributed by atoms with Crippen LogP contribution in [-0.2, 0) is 29.7 Å². The molecule has 1 saturated heterocycles. The van der Waals surface area contributed by atoms with Crippen molar-refractivity contribution in [3.63, 3.8) is 0 Å². The molecule has 1 aliphatic heterocycles. The van der Waals surface area contributed by atoms with Gasteiger partial charge in [0.2, 0.25) is 0 Å². The van der Waals surface area contributed by atoms with Crippen molar-refractivity contribution < 1.29 is 23.8 Å².